The van der Waals surface area contributed by atoms with Crippen LogP contribution in [0.25, 0.3) is 11.1 Å². The minimum atomic E-state index is -1.17. The largest absolute Gasteiger partial charge is 0.481 e. The summed E-state index contributed by atoms with van der Waals surface area (Å²) < 4.78 is 10.8. The van der Waals surface area contributed by atoms with Crippen molar-refractivity contribution in [2.24, 2.45) is 5.41 Å². The summed E-state index contributed by atoms with van der Waals surface area (Å²) in [6.45, 7) is 3.80. The maximum Gasteiger partial charge on any atom is 0.407 e. The van der Waals surface area contributed by atoms with Gasteiger partial charge in [-0.05, 0) is 35.6 Å². The second kappa shape index (κ2) is 9.85. The zero-order valence-corrected chi connectivity index (χ0v) is 19.4. The Morgan fingerprint density at radius 2 is 1.74 bits per heavy atom. The third kappa shape index (κ3) is 4.63. The van der Waals surface area contributed by atoms with Crippen molar-refractivity contribution in [3.05, 3.63) is 59.7 Å². The van der Waals surface area contributed by atoms with Crippen LogP contribution in [0.5, 0.6) is 0 Å². The average molecular weight is 467 g/mol. The molecule has 0 saturated carbocycles. The summed E-state index contributed by atoms with van der Waals surface area (Å²) >= 11 is 0. The molecule has 2 aromatic rings. The lowest BCUT2D eigenvalue weighted by atomic mass is 9.85. The van der Waals surface area contributed by atoms with Gasteiger partial charge in [-0.3, -0.25) is 9.59 Å². The van der Waals surface area contributed by atoms with Crippen molar-refractivity contribution in [1.82, 2.24) is 10.6 Å². The van der Waals surface area contributed by atoms with Crippen molar-refractivity contribution in [1.29, 1.82) is 0 Å². The fourth-order valence-electron chi connectivity index (χ4n) is 4.67. The van der Waals surface area contributed by atoms with E-state index in [0.29, 0.717) is 6.42 Å². The van der Waals surface area contributed by atoms with Crippen molar-refractivity contribution in [2.45, 2.75) is 44.7 Å². The van der Waals surface area contributed by atoms with Crippen LogP contribution in [0, 0.1) is 5.41 Å². The molecular formula is C26H30N2O6. The van der Waals surface area contributed by atoms with Crippen LogP contribution in [-0.2, 0) is 19.1 Å². The minimum absolute atomic E-state index is 0.0207. The number of carboxylic acid groups (broad SMARTS) is 1. The van der Waals surface area contributed by atoms with E-state index in [-0.39, 0.29) is 38.1 Å². The number of amides is 2. The Balaban J connectivity index is 1.32. The first-order valence-electron chi connectivity index (χ1n) is 11.6. The van der Waals surface area contributed by atoms with E-state index in [2.05, 4.69) is 34.9 Å². The summed E-state index contributed by atoms with van der Waals surface area (Å²) in [5.41, 5.74) is 3.39. The molecule has 1 heterocycles. The highest BCUT2D eigenvalue weighted by Crippen LogP contribution is 2.44. The Labute approximate surface area is 198 Å². The maximum absolute atomic E-state index is 12.6. The van der Waals surface area contributed by atoms with Crippen LogP contribution in [0.2, 0.25) is 0 Å². The first kappa shape index (κ1) is 23.8. The molecule has 1 saturated heterocycles. The molecule has 8 heteroatoms. The van der Waals surface area contributed by atoms with Crippen LogP contribution >= 0.6 is 0 Å². The highest BCUT2D eigenvalue weighted by atomic mass is 16.5. The van der Waals surface area contributed by atoms with E-state index in [1.807, 2.05) is 31.2 Å². The monoisotopic (exact) mass is 466 g/mol. The molecule has 0 radical (unpaired) electrons. The number of hydrogen-bond acceptors (Lipinski definition) is 5. The predicted molar refractivity (Wildman–Crippen MR) is 125 cm³/mol. The fourth-order valence-corrected chi connectivity index (χ4v) is 4.67. The number of carbonyl (C=O) groups excluding carboxylic acids is 2. The Hall–Kier alpha value is -3.39. The van der Waals surface area contributed by atoms with Gasteiger partial charge in [-0.1, -0.05) is 55.5 Å². The van der Waals surface area contributed by atoms with E-state index < -0.39 is 29.6 Å². The zero-order valence-electron chi connectivity index (χ0n) is 19.4. The molecular weight excluding hydrogens is 436 g/mol. The molecule has 2 unspecified atom stereocenters. The fraction of sp³-hybridized carbons (Fsp3) is 0.423. The van der Waals surface area contributed by atoms with Gasteiger partial charge in [0, 0.05) is 18.4 Å². The van der Waals surface area contributed by atoms with Gasteiger partial charge in [0.15, 0.2) is 0 Å². The molecule has 1 aliphatic heterocycles. The molecule has 8 nitrogen and oxygen atoms in total. The Morgan fingerprint density at radius 1 is 1.12 bits per heavy atom. The molecule has 3 atom stereocenters. The lowest BCUT2D eigenvalue weighted by Crippen LogP contribution is -2.51. The maximum atomic E-state index is 12.6. The van der Waals surface area contributed by atoms with E-state index in [4.69, 9.17) is 9.47 Å². The molecule has 4 rings (SSSR count). The van der Waals surface area contributed by atoms with Gasteiger partial charge < -0.3 is 25.2 Å². The van der Waals surface area contributed by atoms with Gasteiger partial charge in [0.1, 0.15) is 12.0 Å². The highest BCUT2D eigenvalue weighted by molar-refractivity contribution is 5.81. The zero-order chi connectivity index (χ0) is 24.3. The molecule has 3 N–H and O–H groups in total. The van der Waals surface area contributed by atoms with E-state index in [9.17, 15) is 19.5 Å². The molecule has 180 valence electrons. The van der Waals surface area contributed by atoms with Gasteiger partial charge in [0.05, 0.1) is 19.3 Å². The molecule has 2 amide bonds. The number of aliphatic carboxylic acids is 1. The Morgan fingerprint density at radius 3 is 2.32 bits per heavy atom. The molecule has 0 spiro atoms. The molecule has 0 aromatic heterocycles. The molecule has 2 aromatic carbocycles. The number of carboxylic acids is 1. The molecule has 2 aliphatic rings. The summed E-state index contributed by atoms with van der Waals surface area (Å²) in [6.07, 6.45) is -0.0388. The van der Waals surface area contributed by atoms with E-state index in [1.165, 1.54) is 0 Å². The lowest BCUT2D eigenvalue weighted by Gasteiger charge is -2.26. The number of fused-ring (bicyclic) bond motifs is 3. The Kier molecular flexibility index (Phi) is 6.88. The third-order valence-electron chi connectivity index (χ3n) is 6.87. The number of rotatable bonds is 8. The van der Waals surface area contributed by atoms with Gasteiger partial charge in [-0.15, -0.1) is 0 Å². The number of hydrogen-bond donors (Lipinski definition) is 3. The number of alkyl carbamates (subject to hydrolysis) is 1. The quantitative estimate of drug-likeness (QED) is 0.550. The van der Waals surface area contributed by atoms with Crippen molar-refractivity contribution >= 4 is 18.0 Å². The highest BCUT2D eigenvalue weighted by Gasteiger charge is 2.47. The molecule has 0 bridgehead atoms. The van der Waals surface area contributed by atoms with Gasteiger partial charge >= 0.3 is 12.1 Å². The predicted octanol–water partition coefficient (Wildman–Crippen LogP) is 3.30. The standard InChI is InChI=1S/C26H30N2O6/c1-3-16(12-23(29)28-22-14-33-15-26(22,2)24(30)31)27-25(32)34-13-21-19-10-6-4-8-17(19)18-9-5-7-11-20(18)21/h4-11,16,21-22H,3,12-15H2,1-2H3,(H,27,32)(H,28,29)(H,30,31)/t16-,22?,26?/m1/s1. The van der Waals surface area contributed by atoms with Crippen molar-refractivity contribution in [2.75, 3.05) is 19.8 Å². The number of carbonyl (C=O) groups is 3. The molecule has 1 aliphatic carbocycles. The van der Waals surface area contributed by atoms with Crippen molar-refractivity contribution < 1.29 is 29.0 Å². The Bertz CT molecular complexity index is 1040. The minimum Gasteiger partial charge on any atom is -0.481 e. The molecule has 34 heavy (non-hydrogen) atoms. The SMILES string of the molecule is CC[C@H](CC(=O)NC1COCC1(C)C(=O)O)NC(=O)OCC1c2ccccc2-c2ccccc21. The number of nitrogens with one attached hydrogen (secondary N) is 2. The van der Waals surface area contributed by atoms with Gasteiger partial charge in [-0.2, -0.15) is 0 Å². The van der Waals surface area contributed by atoms with Crippen LogP contribution in [0.15, 0.2) is 48.5 Å². The summed E-state index contributed by atoms with van der Waals surface area (Å²) in [5, 5.41) is 15.0. The second-order valence-electron chi connectivity index (χ2n) is 9.14. The topological polar surface area (TPSA) is 114 Å². The van der Waals surface area contributed by atoms with E-state index in [1.54, 1.807) is 6.92 Å². The molecule has 1 fully saturated rings. The van der Waals surface area contributed by atoms with Crippen molar-refractivity contribution in [3.8, 4) is 11.1 Å². The van der Waals surface area contributed by atoms with Crippen molar-refractivity contribution in [3.63, 3.8) is 0 Å². The summed E-state index contributed by atoms with van der Waals surface area (Å²) in [4.78, 5) is 36.7. The number of benzene rings is 2. The average Bonchev–Trinajstić information content (AvgIpc) is 3.36. The van der Waals surface area contributed by atoms with E-state index in [0.717, 1.165) is 22.3 Å². The van der Waals surface area contributed by atoms with Gasteiger partial charge in [0.25, 0.3) is 0 Å². The normalized spacial score (nSPS) is 21.9. The van der Waals surface area contributed by atoms with Gasteiger partial charge in [0.2, 0.25) is 5.91 Å². The summed E-state index contributed by atoms with van der Waals surface area (Å²) in [7, 11) is 0. The summed E-state index contributed by atoms with van der Waals surface area (Å²) in [5.74, 6) is -1.40. The van der Waals surface area contributed by atoms with Crippen LogP contribution in [0.3, 0.4) is 0 Å². The first-order chi connectivity index (χ1) is 16.3. The van der Waals surface area contributed by atoms with E-state index >= 15 is 0 Å². The summed E-state index contributed by atoms with van der Waals surface area (Å²) in [6, 6.07) is 15.2. The number of ether oxygens (including phenoxy) is 2. The van der Waals surface area contributed by atoms with Crippen LogP contribution < -0.4 is 10.6 Å². The smallest absolute Gasteiger partial charge is 0.407 e. The van der Waals surface area contributed by atoms with Gasteiger partial charge in [-0.25, -0.2) is 4.79 Å². The van der Waals surface area contributed by atoms with Crippen LogP contribution in [0.4, 0.5) is 4.79 Å². The first-order valence-corrected chi connectivity index (χ1v) is 11.6. The second-order valence-corrected chi connectivity index (χ2v) is 9.14. The van der Waals surface area contributed by atoms with Crippen LogP contribution in [-0.4, -0.2) is 55.0 Å². The lowest BCUT2D eigenvalue weighted by molar-refractivity contribution is -0.149. The third-order valence-corrected chi connectivity index (χ3v) is 6.87. The van der Waals surface area contributed by atoms with Crippen LogP contribution in [0.1, 0.15) is 43.7 Å².